The molecule has 0 aromatic carbocycles. The third-order valence-electron chi connectivity index (χ3n) is 2.93. The van der Waals surface area contributed by atoms with Crippen LogP contribution >= 0.6 is 0 Å². The van der Waals surface area contributed by atoms with Crippen molar-refractivity contribution in [3.8, 4) is 0 Å². The van der Waals surface area contributed by atoms with E-state index in [1.54, 1.807) is 20.8 Å². The molecule has 1 fully saturated rings. The third-order valence-corrected chi connectivity index (χ3v) is 2.93. The molecule has 1 rings (SSSR count). The molecule has 104 valence electrons. The van der Waals surface area contributed by atoms with Crippen molar-refractivity contribution in [3.05, 3.63) is 0 Å². The first kappa shape index (κ1) is 14.7. The minimum atomic E-state index is -1.11. The maximum atomic E-state index is 11.8. The van der Waals surface area contributed by atoms with E-state index < -0.39 is 35.7 Å². The average Bonchev–Trinajstić information content (AvgIpc) is 2.53. The van der Waals surface area contributed by atoms with Gasteiger partial charge in [-0.2, -0.15) is 0 Å². The molecule has 0 saturated carbocycles. The molecule has 3 atom stereocenters. The van der Waals surface area contributed by atoms with Crippen molar-refractivity contribution >= 4 is 12.0 Å². The topological polar surface area (TPSA) is 110 Å². The molecule has 7 nitrogen and oxygen atoms in total. The summed E-state index contributed by atoms with van der Waals surface area (Å²) in [5, 5.41) is 30.1. The van der Waals surface area contributed by atoms with Crippen LogP contribution in [0.4, 0.5) is 4.79 Å². The number of hydrogen-bond acceptors (Lipinski definition) is 4. The Balaban J connectivity index is 2.66. The number of carboxylic acid groups (broad SMARTS) is 1. The Labute approximate surface area is 105 Å². The molecule has 1 aliphatic rings. The predicted molar refractivity (Wildman–Crippen MR) is 63.0 cm³/mol. The molecule has 0 aromatic rings. The summed E-state index contributed by atoms with van der Waals surface area (Å²) in [6.07, 6.45) is -1.96. The highest BCUT2D eigenvalue weighted by molar-refractivity contribution is 5.83. The van der Waals surface area contributed by atoms with Gasteiger partial charge in [0.2, 0.25) is 0 Å². The third kappa shape index (κ3) is 3.33. The normalized spacial score (nSPS) is 25.9. The number of carboxylic acids is 1. The number of carbonyl (C=O) groups excluding carboxylic acids is 1. The molecule has 2 unspecified atom stereocenters. The summed E-state index contributed by atoms with van der Waals surface area (Å²) in [6.45, 7) is 5.13. The van der Waals surface area contributed by atoms with Gasteiger partial charge < -0.3 is 25.5 Å². The first-order valence-electron chi connectivity index (χ1n) is 5.77. The zero-order valence-electron chi connectivity index (χ0n) is 10.8. The van der Waals surface area contributed by atoms with E-state index in [2.05, 4.69) is 5.32 Å². The van der Waals surface area contributed by atoms with Gasteiger partial charge >= 0.3 is 12.0 Å². The lowest BCUT2D eigenvalue weighted by Gasteiger charge is -2.29. The van der Waals surface area contributed by atoms with Crippen molar-refractivity contribution in [2.75, 3.05) is 13.1 Å². The quantitative estimate of drug-likeness (QED) is 0.521. The van der Waals surface area contributed by atoms with E-state index in [4.69, 9.17) is 5.11 Å². The van der Waals surface area contributed by atoms with E-state index in [1.807, 2.05) is 0 Å². The van der Waals surface area contributed by atoms with Crippen LogP contribution in [0.2, 0.25) is 0 Å². The highest BCUT2D eigenvalue weighted by Crippen LogP contribution is 2.20. The summed E-state index contributed by atoms with van der Waals surface area (Å²) in [6, 6.07) is -1.62. The van der Waals surface area contributed by atoms with Gasteiger partial charge in [-0.15, -0.1) is 0 Å². The first-order valence-corrected chi connectivity index (χ1v) is 5.77. The van der Waals surface area contributed by atoms with Gasteiger partial charge in [-0.1, -0.05) is 20.8 Å². The Morgan fingerprint density at radius 3 is 2.00 bits per heavy atom. The molecule has 18 heavy (non-hydrogen) atoms. The van der Waals surface area contributed by atoms with Crippen LogP contribution in [0, 0.1) is 5.41 Å². The Bertz CT molecular complexity index is 329. The molecule has 0 aromatic heterocycles. The summed E-state index contributed by atoms with van der Waals surface area (Å²) in [5.74, 6) is -1.11. The second kappa shape index (κ2) is 5.11. The number of likely N-dealkylation sites (tertiary alicyclic amines) is 1. The predicted octanol–water partition coefficient (Wildman–Crippen LogP) is -0.767. The number of carbonyl (C=O) groups is 2. The fraction of sp³-hybridized carbons (Fsp3) is 0.818. The highest BCUT2D eigenvalue weighted by atomic mass is 16.4. The Morgan fingerprint density at radius 1 is 1.22 bits per heavy atom. The van der Waals surface area contributed by atoms with E-state index >= 15 is 0 Å². The monoisotopic (exact) mass is 260 g/mol. The van der Waals surface area contributed by atoms with Gasteiger partial charge in [0.25, 0.3) is 0 Å². The summed E-state index contributed by atoms with van der Waals surface area (Å²) in [4.78, 5) is 24.1. The number of aliphatic hydroxyl groups excluding tert-OH is 2. The first-order chi connectivity index (χ1) is 8.12. The maximum absolute atomic E-state index is 11.8. The van der Waals surface area contributed by atoms with Crippen molar-refractivity contribution < 1.29 is 24.9 Å². The number of nitrogens with zero attached hydrogens (tertiary/aromatic N) is 1. The van der Waals surface area contributed by atoms with Crippen molar-refractivity contribution in [2.24, 2.45) is 5.41 Å². The summed E-state index contributed by atoms with van der Waals surface area (Å²) in [7, 11) is 0. The Kier molecular flexibility index (Phi) is 4.18. The van der Waals surface area contributed by atoms with Gasteiger partial charge in [0.1, 0.15) is 6.04 Å². The van der Waals surface area contributed by atoms with Gasteiger partial charge in [0, 0.05) is 0 Å². The number of urea groups is 1. The minimum Gasteiger partial charge on any atom is -0.480 e. The number of aliphatic hydroxyl groups is 2. The van der Waals surface area contributed by atoms with Gasteiger partial charge in [0.05, 0.1) is 25.3 Å². The number of β-amino-alcohol motifs (C(OH)–C–C–N with tert-alkyl or cyclic N) is 2. The fourth-order valence-electron chi connectivity index (χ4n) is 1.80. The van der Waals surface area contributed by atoms with E-state index in [9.17, 15) is 19.8 Å². The molecule has 1 aliphatic heterocycles. The van der Waals surface area contributed by atoms with Gasteiger partial charge in [-0.05, 0) is 5.41 Å². The van der Waals surface area contributed by atoms with Crippen LogP contribution in [0.25, 0.3) is 0 Å². The molecule has 4 N–H and O–H groups in total. The van der Waals surface area contributed by atoms with Crippen LogP contribution in [0.5, 0.6) is 0 Å². The molecule has 0 spiro atoms. The fourth-order valence-corrected chi connectivity index (χ4v) is 1.80. The zero-order chi connectivity index (χ0) is 14.1. The lowest BCUT2D eigenvalue weighted by Crippen LogP contribution is -2.53. The lowest BCUT2D eigenvalue weighted by atomic mass is 9.87. The van der Waals surface area contributed by atoms with E-state index in [0.29, 0.717) is 0 Å². The molecule has 2 amide bonds. The number of hydrogen-bond donors (Lipinski definition) is 4. The van der Waals surface area contributed by atoms with Crippen molar-refractivity contribution in [1.29, 1.82) is 0 Å². The lowest BCUT2D eigenvalue weighted by molar-refractivity contribution is -0.142. The maximum Gasteiger partial charge on any atom is 0.326 e. The van der Waals surface area contributed by atoms with Crippen molar-refractivity contribution in [2.45, 2.75) is 39.0 Å². The molecule has 0 bridgehead atoms. The van der Waals surface area contributed by atoms with Crippen LogP contribution in [0.1, 0.15) is 20.8 Å². The van der Waals surface area contributed by atoms with Crippen LogP contribution < -0.4 is 5.32 Å². The van der Waals surface area contributed by atoms with Crippen LogP contribution in [-0.4, -0.2) is 63.6 Å². The average molecular weight is 260 g/mol. The minimum absolute atomic E-state index is 0.00345. The number of nitrogens with one attached hydrogen (secondary N) is 1. The Hall–Kier alpha value is -1.34. The van der Waals surface area contributed by atoms with E-state index in [1.165, 1.54) is 4.90 Å². The molecule has 1 heterocycles. The molecule has 7 heteroatoms. The van der Waals surface area contributed by atoms with Gasteiger partial charge in [-0.25, -0.2) is 9.59 Å². The second-order valence-electron chi connectivity index (χ2n) is 5.63. The van der Waals surface area contributed by atoms with E-state index in [-0.39, 0.29) is 13.1 Å². The number of aliphatic carboxylic acids is 1. The summed E-state index contributed by atoms with van der Waals surface area (Å²) in [5.41, 5.74) is -0.627. The SMILES string of the molecule is CC(C)(C)[C@H](NC(=O)N1CC(O)C(O)C1)C(=O)O. The second-order valence-corrected chi connectivity index (χ2v) is 5.63. The molecule has 0 radical (unpaired) electrons. The number of amides is 2. The largest absolute Gasteiger partial charge is 0.480 e. The van der Waals surface area contributed by atoms with Crippen molar-refractivity contribution in [3.63, 3.8) is 0 Å². The van der Waals surface area contributed by atoms with Gasteiger partial charge in [0.15, 0.2) is 0 Å². The zero-order valence-corrected chi connectivity index (χ0v) is 10.8. The Morgan fingerprint density at radius 2 is 1.67 bits per heavy atom. The molecular weight excluding hydrogens is 240 g/mol. The van der Waals surface area contributed by atoms with Crippen LogP contribution in [0.15, 0.2) is 0 Å². The molecule has 0 aliphatic carbocycles. The van der Waals surface area contributed by atoms with Crippen LogP contribution in [-0.2, 0) is 4.79 Å². The number of rotatable bonds is 2. The van der Waals surface area contributed by atoms with Gasteiger partial charge in [-0.3, -0.25) is 0 Å². The molecular formula is C11H20N2O5. The summed E-state index contributed by atoms with van der Waals surface area (Å²) >= 11 is 0. The summed E-state index contributed by atoms with van der Waals surface area (Å²) < 4.78 is 0. The molecule has 1 saturated heterocycles. The smallest absolute Gasteiger partial charge is 0.326 e. The van der Waals surface area contributed by atoms with E-state index in [0.717, 1.165) is 0 Å². The van der Waals surface area contributed by atoms with Crippen molar-refractivity contribution in [1.82, 2.24) is 10.2 Å². The highest BCUT2D eigenvalue weighted by Gasteiger charge is 2.37. The van der Waals surface area contributed by atoms with Crippen LogP contribution in [0.3, 0.4) is 0 Å². The standard InChI is InChI=1S/C11H20N2O5/c1-11(2,3)8(9(16)17)12-10(18)13-4-6(14)7(15)5-13/h6-8,14-15H,4-5H2,1-3H3,(H,12,18)(H,16,17)/t6?,7?,8-/m1/s1.